The van der Waals surface area contributed by atoms with Crippen LogP contribution in [0.1, 0.15) is 25.1 Å². The van der Waals surface area contributed by atoms with Crippen LogP contribution in [0.25, 0.3) is 0 Å². The van der Waals surface area contributed by atoms with Gasteiger partial charge in [-0.3, -0.25) is 4.79 Å². The van der Waals surface area contributed by atoms with Crippen molar-refractivity contribution >= 4 is 5.91 Å². The summed E-state index contributed by atoms with van der Waals surface area (Å²) in [6.45, 7) is 4.73. The lowest BCUT2D eigenvalue weighted by Gasteiger charge is -2.13. The molecule has 2 N–H and O–H groups in total. The van der Waals surface area contributed by atoms with Crippen LogP contribution in [-0.2, 0) is 11.3 Å². The van der Waals surface area contributed by atoms with Crippen molar-refractivity contribution in [1.29, 1.82) is 5.26 Å². The molecule has 0 aliphatic rings. The Balaban J connectivity index is 2.56. The minimum atomic E-state index is -0.290. The first kappa shape index (κ1) is 13.1. The van der Waals surface area contributed by atoms with Gasteiger partial charge in [0, 0.05) is 24.8 Å². The molecule has 0 radical (unpaired) electrons. The number of amides is 1. The molecule has 1 atom stereocenters. The van der Waals surface area contributed by atoms with Crippen molar-refractivity contribution in [3.05, 3.63) is 29.6 Å². The van der Waals surface area contributed by atoms with Gasteiger partial charge in [0.25, 0.3) is 0 Å². The van der Waals surface area contributed by atoms with Gasteiger partial charge in [-0.1, -0.05) is 6.07 Å². The summed E-state index contributed by atoms with van der Waals surface area (Å²) in [6.07, 6.45) is 1.58. The normalized spacial score (nSPS) is 11.6. The summed E-state index contributed by atoms with van der Waals surface area (Å²) in [5, 5.41) is 14.6. The van der Waals surface area contributed by atoms with Crippen LogP contribution in [0.3, 0.4) is 0 Å². The number of nitriles is 1. The quantitative estimate of drug-likeness (QED) is 0.778. The van der Waals surface area contributed by atoms with E-state index < -0.39 is 0 Å². The SMILES string of the molecule is CCNC(=O)C(C)NCc1cccnc1C#N. The maximum Gasteiger partial charge on any atom is 0.236 e. The Hall–Kier alpha value is -1.93. The molecule has 0 saturated heterocycles. The zero-order valence-corrected chi connectivity index (χ0v) is 10.0. The molecule has 0 fully saturated rings. The van der Waals surface area contributed by atoms with Crippen LogP contribution in [-0.4, -0.2) is 23.5 Å². The number of nitrogens with zero attached hydrogens (tertiary/aromatic N) is 2. The second kappa shape index (κ2) is 6.61. The van der Waals surface area contributed by atoms with Gasteiger partial charge in [-0.25, -0.2) is 4.98 Å². The van der Waals surface area contributed by atoms with E-state index in [1.165, 1.54) is 0 Å². The molecule has 0 spiro atoms. The molecule has 1 amide bonds. The second-order valence-corrected chi connectivity index (χ2v) is 3.62. The molecule has 0 aliphatic carbocycles. The fraction of sp³-hybridized carbons (Fsp3) is 0.417. The fourth-order valence-corrected chi connectivity index (χ4v) is 1.36. The number of carbonyl (C=O) groups excluding carboxylic acids is 1. The van der Waals surface area contributed by atoms with Gasteiger partial charge in [-0.15, -0.1) is 0 Å². The molecule has 0 saturated carbocycles. The van der Waals surface area contributed by atoms with Crippen LogP contribution in [0.4, 0.5) is 0 Å². The van der Waals surface area contributed by atoms with Gasteiger partial charge in [0.1, 0.15) is 11.8 Å². The molecule has 1 unspecified atom stereocenters. The van der Waals surface area contributed by atoms with Crippen molar-refractivity contribution in [1.82, 2.24) is 15.6 Å². The molecule has 0 bridgehead atoms. The maximum atomic E-state index is 11.5. The Morgan fingerprint density at radius 1 is 1.65 bits per heavy atom. The van der Waals surface area contributed by atoms with E-state index in [1.54, 1.807) is 19.2 Å². The molecular formula is C12H16N4O. The van der Waals surface area contributed by atoms with Crippen molar-refractivity contribution in [3.63, 3.8) is 0 Å². The first-order valence-corrected chi connectivity index (χ1v) is 5.54. The number of rotatable bonds is 5. The van der Waals surface area contributed by atoms with Gasteiger partial charge < -0.3 is 10.6 Å². The van der Waals surface area contributed by atoms with E-state index in [1.807, 2.05) is 19.1 Å². The third kappa shape index (κ3) is 3.85. The van der Waals surface area contributed by atoms with E-state index >= 15 is 0 Å². The van der Waals surface area contributed by atoms with Gasteiger partial charge >= 0.3 is 0 Å². The first-order valence-electron chi connectivity index (χ1n) is 5.54. The van der Waals surface area contributed by atoms with E-state index in [0.29, 0.717) is 18.8 Å². The number of hydrogen-bond donors (Lipinski definition) is 2. The minimum absolute atomic E-state index is 0.0464. The standard InChI is InChI=1S/C12H16N4O/c1-3-14-12(17)9(2)16-8-10-5-4-6-15-11(10)7-13/h4-6,9,16H,3,8H2,1-2H3,(H,14,17). The summed E-state index contributed by atoms with van der Waals surface area (Å²) < 4.78 is 0. The summed E-state index contributed by atoms with van der Waals surface area (Å²) in [5.41, 5.74) is 1.19. The van der Waals surface area contributed by atoms with Gasteiger partial charge in [-0.2, -0.15) is 5.26 Å². The molecule has 0 aliphatic heterocycles. The number of aromatic nitrogens is 1. The highest BCUT2D eigenvalue weighted by atomic mass is 16.2. The smallest absolute Gasteiger partial charge is 0.236 e. The number of pyridine rings is 1. The van der Waals surface area contributed by atoms with Crippen LogP contribution in [0.2, 0.25) is 0 Å². The third-order valence-corrected chi connectivity index (χ3v) is 2.34. The van der Waals surface area contributed by atoms with Crippen LogP contribution < -0.4 is 10.6 Å². The number of nitrogens with one attached hydrogen (secondary N) is 2. The van der Waals surface area contributed by atoms with E-state index in [9.17, 15) is 4.79 Å². The predicted octanol–water partition coefficient (Wildman–Crippen LogP) is 0.567. The minimum Gasteiger partial charge on any atom is -0.355 e. The first-order chi connectivity index (χ1) is 8.19. The molecule has 0 aromatic carbocycles. The van der Waals surface area contributed by atoms with E-state index in [-0.39, 0.29) is 11.9 Å². The summed E-state index contributed by atoms with van der Waals surface area (Å²) in [4.78, 5) is 15.4. The third-order valence-electron chi connectivity index (χ3n) is 2.34. The molecular weight excluding hydrogens is 216 g/mol. The van der Waals surface area contributed by atoms with Crippen LogP contribution >= 0.6 is 0 Å². The zero-order valence-electron chi connectivity index (χ0n) is 10.0. The lowest BCUT2D eigenvalue weighted by molar-refractivity contribution is -0.122. The Bertz CT molecular complexity index is 425. The summed E-state index contributed by atoms with van der Waals surface area (Å²) in [6, 6.07) is 5.33. The van der Waals surface area contributed by atoms with Crippen molar-refractivity contribution in [2.45, 2.75) is 26.4 Å². The molecule has 5 heteroatoms. The molecule has 1 rings (SSSR count). The highest BCUT2D eigenvalue weighted by Gasteiger charge is 2.11. The predicted molar refractivity (Wildman–Crippen MR) is 63.9 cm³/mol. The lowest BCUT2D eigenvalue weighted by Crippen LogP contribution is -2.41. The highest BCUT2D eigenvalue weighted by molar-refractivity contribution is 5.81. The van der Waals surface area contributed by atoms with Gasteiger partial charge in [0.05, 0.1) is 6.04 Å². The Labute approximate surface area is 101 Å². The van der Waals surface area contributed by atoms with Gasteiger partial charge in [-0.05, 0) is 19.9 Å². The molecule has 5 nitrogen and oxygen atoms in total. The maximum absolute atomic E-state index is 11.5. The molecule has 17 heavy (non-hydrogen) atoms. The topological polar surface area (TPSA) is 77.8 Å². The fourth-order valence-electron chi connectivity index (χ4n) is 1.36. The summed E-state index contributed by atoms with van der Waals surface area (Å²) in [5.74, 6) is -0.0464. The number of hydrogen-bond acceptors (Lipinski definition) is 4. The average Bonchev–Trinajstić information content (AvgIpc) is 2.36. The summed E-state index contributed by atoms with van der Waals surface area (Å²) >= 11 is 0. The second-order valence-electron chi connectivity index (χ2n) is 3.62. The lowest BCUT2D eigenvalue weighted by atomic mass is 10.2. The summed E-state index contributed by atoms with van der Waals surface area (Å²) in [7, 11) is 0. The van der Waals surface area contributed by atoms with E-state index in [4.69, 9.17) is 5.26 Å². The Kier molecular flexibility index (Phi) is 5.11. The average molecular weight is 232 g/mol. The van der Waals surface area contributed by atoms with Crippen molar-refractivity contribution in [3.8, 4) is 6.07 Å². The van der Waals surface area contributed by atoms with Crippen LogP contribution in [0.5, 0.6) is 0 Å². The van der Waals surface area contributed by atoms with Gasteiger partial charge in [0.2, 0.25) is 5.91 Å². The Morgan fingerprint density at radius 2 is 2.41 bits per heavy atom. The molecule has 1 aromatic heterocycles. The largest absolute Gasteiger partial charge is 0.355 e. The molecule has 90 valence electrons. The van der Waals surface area contributed by atoms with Crippen molar-refractivity contribution in [2.24, 2.45) is 0 Å². The Morgan fingerprint density at radius 3 is 3.06 bits per heavy atom. The molecule has 1 aromatic rings. The van der Waals surface area contributed by atoms with Crippen LogP contribution in [0, 0.1) is 11.3 Å². The van der Waals surface area contributed by atoms with Crippen molar-refractivity contribution < 1.29 is 4.79 Å². The highest BCUT2D eigenvalue weighted by Crippen LogP contribution is 2.03. The van der Waals surface area contributed by atoms with Crippen molar-refractivity contribution in [2.75, 3.05) is 6.54 Å². The zero-order chi connectivity index (χ0) is 12.7. The number of likely N-dealkylation sites (N-methyl/N-ethyl adjacent to an activating group) is 1. The van der Waals surface area contributed by atoms with E-state index in [2.05, 4.69) is 15.6 Å². The van der Waals surface area contributed by atoms with Gasteiger partial charge in [0.15, 0.2) is 0 Å². The van der Waals surface area contributed by atoms with Crippen LogP contribution in [0.15, 0.2) is 18.3 Å². The molecule has 1 heterocycles. The number of carbonyl (C=O) groups is 1. The monoisotopic (exact) mass is 232 g/mol. The van der Waals surface area contributed by atoms with E-state index in [0.717, 1.165) is 5.56 Å².